The standard InChI is InChI=1S/C13H13NO2/c1-8-4-3-5-9(2)12(8)14-11(15)7-6-10-13(14)16-10/h3-7,10,13H,1-2H3. The van der Waals surface area contributed by atoms with Gasteiger partial charge in [0, 0.05) is 6.08 Å². The smallest absolute Gasteiger partial charge is 0.252 e. The predicted octanol–water partition coefficient (Wildman–Crippen LogP) is 1.93. The van der Waals surface area contributed by atoms with Crippen LogP contribution in [0.25, 0.3) is 0 Å². The van der Waals surface area contributed by atoms with Gasteiger partial charge in [-0.15, -0.1) is 0 Å². The Labute approximate surface area is 94.3 Å². The lowest BCUT2D eigenvalue weighted by atomic mass is 10.1. The first-order valence-electron chi connectivity index (χ1n) is 5.41. The Hall–Kier alpha value is -1.61. The van der Waals surface area contributed by atoms with Gasteiger partial charge in [-0.1, -0.05) is 18.2 Å². The second-order valence-electron chi connectivity index (χ2n) is 4.30. The highest BCUT2D eigenvalue weighted by Gasteiger charge is 2.47. The highest BCUT2D eigenvalue weighted by molar-refractivity contribution is 6.04. The molecular formula is C13H13NO2. The highest BCUT2D eigenvalue weighted by Crippen LogP contribution is 2.37. The SMILES string of the molecule is Cc1cccc(C)c1N1C(=O)C=CC2OC21. The molecule has 3 heteroatoms. The molecule has 3 nitrogen and oxygen atoms in total. The molecule has 1 fully saturated rings. The van der Waals surface area contributed by atoms with Gasteiger partial charge in [-0.2, -0.15) is 0 Å². The molecule has 0 aliphatic carbocycles. The average Bonchev–Trinajstić information content (AvgIpc) is 3.00. The topological polar surface area (TPSA) is 32.8 Å². The van der Waals surface area contributed by atoms with Gasteiger partial charge in [0.15, 0.2) is 6.23 Å². The van der Waals surface area contributed by atoms with Crippen molar-refractivity contribution >= 4 is 11.6 Å². The van der Waals surface area contributed by atoms with Crippen LogP contribution in [0.2, 0.25) is 0 Å². The third kappa shape index (κ3) is 1.28. The van der Waals surface area contributed by atoms with E-state index in [1.54, 1.807) is 11.0 Å². The minimum absolute atomic E-state index is 0.0103. The quantitative estimate of drug-likeness (QED) is 0.670. The van der Waals surface area contributed by atoms with Crippen LogP contribution >= 0.6 is 0 Å². The molecule has 0 radical (unpaired) electrons. The van der Waals surface area contributed by atoms with Crippen LogP contribution in [0.3, 0.4) is 0 Å². The molecule has 82 valence electrons. The molecule has 0 N–H and O–H groups in total. The predicted molar refractivity (Wildman–Crippen MR) is 61.2 cm³/mol. The third-order valence-corrected chi connectivity index (χ3v) is 3.10. The van der Waals surface area contributed by atoms with Crippen LogP contribution in [-0.4, -0.2) is 18.2 Å². The Morgan fingerprint density at radius 3 is 2.62 bits per heavy atom. The molecule has 1 saturated heterocycles. The molecule has 1 aromatic carbocycles. The van der Waals surface area contributed by atoms with Crippen molar-refractivity contribution in [3.05, 3.63) is 41.5 Å². The first kappa shape index (κ1) is 9.60. The van der Waals surface area contributed by atoms with Crippen LogP contribution in [0.1, 0.15) is 11.1 Å². The third-order valence-electron chi connectivity index (χ3n) is 3.10. The van der Waals surface area contributed by atoms with Crippen LogP contribution in [0.15, 0.2) is 30.4 Å². The number of benzene rings is 1. The van der Waals surface area contributed by atoms with E-state index in [-0.39, 0.29) is 18.2 Å². The number of carbonyl (C=O) groups is 1. The molecule has 1 aromatic rings. The van der Waals surface area contributed by atoms with E-state index in [0.29, 0.717) is 0 Å². The van der Waals surface area contributed by atoms with E-state index >= 15 is 0 Å². The van der Waals surface area contributed by atoms with E-state index < -0.39 is 0 Å². The van der Waals surface area contributed by atoms with Crippen molar-refractivity contribution in [1.82, 2.24) is 0 Å². The van der Waals surface area contributed by atoms with Gasteiger partial charge >= 0.3 is 0 Å². The lowest BCUT2D eigenvalue weighted by Gasteiger charge is -2.24. The Morgan fingerprint density at radius 2 is 1.94 bits per heavy atom. The molecular weight excluding hydrogens is 202 g/mol. The summed E-state index contributed by atoms with van der Waals surface area (Å²) in [6, 6.07) is 6.04. The molecule has 2 aliphatic rings. The molecule has 0 bridgehead atoms. The molecule has 2 atom stereocenters. The minimum Gasteiger partial charge on any atom is -0.343 e. The molecule has 2 unspecified atom stereocenters. The number of anilines is 1. The summed E-state index contributed by atoms with van der Waals surface area (Å²) >= 11 is 0. The number of ether oxygens (including phenoxy) is 1. The second kappa shape index (κ2) is 3.19. The Morgan fingerprint density at radius 1 is 1.25 bits per heavy atom. The van der Waals surface area contributed by atoms with Crippen LogP contribution in [0.5, 0.6) is 0 Å². The number of hydrogen-bond acceptors (Lipinski definition) is 2. The lowest BCUT2D eigenvalue weighted by molar-refractivity contribution is -0.114. The lowest BCUT2D eigenvalue weighted by Crippen LogP contribution is -2.36. The van der Waals surface area contributed by atoms with Crippen molar-refractivity contribution < 1.29 is 9.53 Å². The van der Waals surface area contributed by atoms with E-state index in [1.165, 1.54) is 0 Å². The van der Waals surface area contributed by atoms with E-state index in [1.807, 2.05) is 38.1 Å². The maximum absolute atomic E-state index is 11.9. The fourth-order valence-corrected chi connectivity index (χ4v) is 2.27. The molecule has 0 saturated carbocycles. The zero-order valence-electron chi connectivity index (χ0n) is 9.31. The molecule has 3 rings (SSSR count). The number of carbonyl (C=O) groups excluding carboxylic acids is 1. The van der Waals surface area contributed by atoms with Crippen LogP contribution < -0.4 is 4.90 Å². The number of hydrogen-bond donors (Lipinski definition) is 0. The van der Waals surface area contributed by atoms with E-state index in [9.17, 15) is 4.79 Å². The fraction of sp³-hybridized carbons (Fsp3) is 0.308. The maximum Gasteiger partial charge on any atom is 0.252 e. The Balaban J connectivity index is 2.10. The van der Waals surface area contributed by atoms with Crippen molar-refractivity contribution in [2.24, 2.45) is 0 Å². The Kier molecular flexibility index (Phi) is 1.91. The van der Waals surface area contributed by atoms with Gasteiger partial charge in [-0.05, 0) is 31.1 Å². The normalized spacial score (nSPS) is 26.9. The highest BCUT2D eigenvalue weighted by atomic mass is 16.6. The summed E-state index contributed by atoms with van der Waals surface area (Å²) in [4.78, 5) is 13.7. The first-order chi connectivity index (χ1) is 7.68. The fourth-order valence-electron chi connectivity index (χ4n) is 2.27. The zero-order valence-corrected chi connectivity index (χ0v) is 9.31. The summed E-state index contributed by atoms with van der Waals surface area (Å²) < 4.78 is 5.44. The second-order valence-corrected chi connectivity index (χ2v) is 4.30. The molecule has 1 amide bonds. The minimum atomic E-state index is -0.0858. The molecule has 0 aromatic heterocycles. The average molecular weight is 215 g/mol. The number of para-hydroxylation sites is 1. The number of rotatable bonds is 1. The van der Waals surface area contributed by atoms with E-state index in [0.717, 1.165) is 16.8 Å². The van der Waals surface area contributed by atoms with Gasteiger partial charge in [0.25, 0.3) is 5.91 Å². The van der Waals surface area contributed by atoms with Crippen LogP contribution in [0.4, 0.5) is 5.69 Å². The van der Waals surface area contributed by atoms with Crippen molar-refractivity contribution in [1.29, 1.82) is 0 Å². The summed E-state index contributed by atoms with van der Waals surface area (Å²) in [5.41, 5.74) is 3.21. The first-order valence-corrected chi connectivity index (χ1v) is 5.41. The number of epoxide rings is 1. The number of nitrogens with zero attached hydrogens (tertiary/aromatic N) is 1. The van der Waals surface area contributed by atoms with Crippen LogP contribution in [0, 0.1) is 13.8 Å². The van der Waals surface area contributed by atoms with E-state index in [4.69, 9.17) is 4.74 Å². The summed E-state index contributed by atoms with van der Waals surface area (Å²) in [5, 5.41) is 0. The summed E-state index contributed by atoms with van der Waals surface area (Å²) in [7, 11) is 0. The maximum atomic E-state index is 11.9. The van der Waals surface area contributed by atoms with Crippen molar-refractivity contribution in [3.8, 4) is 0 Å². The summed E-state index contributed by atoms with van der Waals surface area (Å²) in [5.74, 6) is 0.0103. The number of fused-ring (bicyclic) bond motifs is 1. The monoisotopic (exact) mass is 215 g/mol. The van der Waals surface area contributed by atoms with Crippen molar-refractivity contribution in [2.45, 2.75) is 26.2 Å². The van der Waals surface area contributed by atoms with Gasteiger partial charge in [-0.25, -0.2) is 0 Å². The molecule has 2 heterocycles. The van der Waals surface area contributed by atoms with Crippen LogP contribution in [-0.2, 0) is 9.53 Å². The molecule has 2 aliphatic heterocycles. The zero-order chi connectivity index (χ0) is 11.3. The van der Waals surface area contributed by atoms with Gasteiger partial charge in [0.2, 0.25) is 0 Å². The summed E-state index contributed by atoms with van der Waals surface area (Å²) in [6.45, 7) is 4.04. The Bertz CT molecular complexity index is 472. The van der Waals surface area contributed by atoms with Gasteiger partial charge in [0.1, 0.15) is 6.10 Å². The van der Waals surface area contributed by atoms with Crippen molar-refractivity contribution in [2.75, 3.05) is 4.90 Å². The van der Waals surface area contributed by atoms with Crippen molar-refractivity contribution in [3.63, 3.8) is 0 Å². The number of amides is 1. The molecule has 16 heavy (non-hydrogen) atoms. The largest absolute Gasteiger partial charge is 0.343 e. The van der Waals surface area contributed by atoms with Gasteiger partial charge in [-0.3, -0.25) is 9.69 Å². The number of aryl methyl sites for hydroxylation is 2. The van der Waals surface area contributed by atoms with Gasteiger partial charge < -0.3 is 4.74 Å². The summed E-state index contributed by atoms with van der Waals surface area (Å²) in [6.07, 6.45) is 3.44. The van der Waals surface area contributed by atoms with E-state index in [2.05, 4.69) is 0 Å². The molecule has 0 spiro atoms. The van der Waals surface area contributed by atoms with Gasteiger partial charge in [0.05, 0.1) is 5.69 Å².